The molecule has 1 aromatic rings. The van der Waals surface area contributed by atoms with Gasteiger partial charge in [-0.05, 0) is 31.0 Å². The molecule has 0 aromatic heterocycles. The lowest BCUT2D eigenvalue weighted by Gasteiger charge is -2.15. The van der Waals surface area contributed by atoms with Crippen molar-refractivity contribution in [1.29, 1.82) is 0 Å². The van der Waals surface area contributed by atoms with Crippen LogP contribution in [0.3, 0.4) is 0 Å². The number of aliphatic carboxylic acids is 1. The Morgan fingerprint density at radius 3 is 2.80 bits per heavy atom. The largest absolute Gasteiger partial charge is 0.480 e. The van der Waals surface area contributed by atoms with E-state index in [1.54, 1.807) is 12.1 Å². The van der Waals surface area contributed by atoms with E-state index in [-0.39, 0.29) is 0 Å². The predicted molar refractivity (Wildman–Crippen MR) is 61.5 cm³/mol. The van der Waals surface area contributed by atoms with E-state index < -0.39 is 12.0 Å². The quantitative estimate of drug-likeness (QED) is 0.832. The molecule has 4 heteroatoms. The van der Waals surface area contributed by atoms with Gasteiger partial charge in [-0.1, -0.05) is 24.6 Å². The smallest absolute Gasteiger partial charge is 0.326 e. The Kier molecular flexibility index (Phi) is 3.97. The molecule has 0 heterocycles. The number of aryl methyl sites for hydroxylation is 1. The molecule has 0 saturated heterocycles. The highest BCUT2D eigenvalue weighted by molar-refractivity contribution is 6.30. The number of carbonyl (C=O) groups is 1. The average molecular weight is 228 g/mol. The minimum absolute atomic E-state index is 0.529. The van der Waals surface area contributed by atoms with Crippen LogP contribution in [0.25, 0.3) is 0 Å². The first kappa shape index (κ1) is 11.9. The summed E-state index contributed by atoms with van der Waals surface area (Å²) in [6.45, 7) is 3.74. The summed E-state index contributed by atoms with van der Waals surface area (Å²) in [5, 5.41) is 12.5. The van der Waals surface area contributed by atoms with E-state index in [0.29, 0.717) is 11.4 Å². The van der Waals surface area contributed by atoms with E-state index in [2.05, 4.69) is 5.32 Å². The Morgan fingerprint density at radius 2 is 2.27 bits per heavy atom. The highest BCUT2D eigenvalue weighted by Gasteiger charge is 2.15. The molecule has 2 N–H and O–H groups in total. The molecule has 0 fully saturated rings. The highest BCUT2D eigenvalue weighted by atomic mass is 35.5. The van der Waals surface area contributed by atoms with Crippen LogP contribution < -0.4 is 5.32 Å². The fraction of sp³-hybridized carbons (Fsp3) is 0.364. The molecular formula is C11H14ClNO2. The molecule has 1 atom stereocenters. The molecule has 0 aliphatic heterocycles. The third-order valence-electron chi connectivity index (χ3n) is 2.24. The zero-order valence-corrected chi connectivity index (χ0v) is 9.51. The van der Waals surface area contributed by atoms with Crippen LogP contribution in [-0.2, 0) is 4.79 Å². The van der Waals surface area contributed by atoms with Crippen LogP contribution in [0.15, 0.2) is 18.2 Å². The van der Waals surface area contributed by atoms with Crippen molar-refractivity contribution in [2.24, 2.45) is 0 Å². The molecule has 1 rings (SSSR count). The lowest BCUT2D eigenvalue weighted by Crippen LogP contribution is -2.28. The van der Waals surface area contributed by atoms with Gasteiger partial charge in [-0.25, -0.2) is 4.79 Å². The van der Waals surface area contributed by atoms with Crippen LogP contribution in [-0.4, -0.2) is 17.1 Å². The van der Waals surface area contributed by atoms with E-state index in [0.717, 1.165) is 11.3 Å². The molecule has 82 valence electrons. The molecule has 0 bridgehead atoms. The lowest BCUT2D eigenvalue weighted by atomic mass is 10.1. The van der Waals surface area contributed by atoms with Crippen LogP contribution in [0, 0.1) is 6.92 Å². The van der Waals surface area contributed by atoms with Crippen molar-refractivity contribution in [3.63, 3.8) is 0 Å². The Hall–Kier alpha value is -1.22. The summed E-state index contributed by atoms with van der Waals surface area (Å²) in [5.41, 5.74) is 1.76. The summed E-state index contributed by atoms with van der Waals surface area (Å²) in [7, 11) is 0. The summed E-state index contributed by atoms with van der Waals surface area (Å²) in [5.74, 6) is -0.850. The zero-order valence-electron chi connectivity index (χ0n) is 8.75. The maximum absolute atomic E-state index is 10.8. The number of hydrogen-bond acceptors (Lipinski definition) is 2. The number of nitrogens with one attached hydrogen (secondary N) is 1. The van der Waals surface area contributed by atoms with E-state index in [4.69, 9.17) is 16.7 Å². The van der Waals surface area contributed by atoms with Crippen LogP contribution >= 0.6 is 11.6 Å². The molecule has 0 radical (unpaired) electrons. The second-order valence-electron chi connectivity index (χ2n) is 3.40. The van der Waals surface area contributed by atoms with Gasteiger partial charge in [0.05, 0.1) is 0 Å². The second kappa shape index (κ2) is 5.03. The summed E-state index contributed by atoms with van der Waals surface area (Å²) in [6, 6.07) is 4.81. The first-order chi connectivity index (χ1) is 7.04. The maximum Gasteiger partial charge on any atom is 0.326 e. The summed E-state index contributed by atoms with van der Waals surface area (Å²) in [6.07, 6.45) is 0.529. The SMILES string of the molecule is CCC(Nc1cc(Cl)ccc1C)C(=O)O. The number of benzene rings is 1. The van der Waals surface area contributed by atoms with Crippen molar-refractivity contribution in [3.05, 3.63) is 28.8 Å². The van der Waals surface area contributed by atoms with Crippen molar-refractivity contribution >= 4 is 23.3 Å². The molecular weight excluding hydrogens is 214 g/mol. The van der Waals surface area contributed by atoms with Crippen molar-refractivity contribution < 1.29 is 9.90 Å². The number of halogens is 1. The number of hydrogen-bond donors (Lipinski definition) is 2. The van der Waals surface area contributed by atoms with Gasteiger partial charge in [-0.2, -0.15) is 0 Å². The standard InChI is InChI=1S/C11H14ClNO2/c1-3-9(11(14)15)13-10-6-8(12)5-4-7(10)2/h4-6,9,13H,3H2,1-2H3,(H,14,15). The minimum atomic E-state index is -0.850. The molecule has 1 unspecified atom stereocenters. The van der Waals surface area contributed by atoms with Crippen LogP contribution in [0.2, 0.25) is 5.02 Å². The van der Waals surface area contributed by atoms with E-state index in [1.807, 2.05) is 19.9 Å². The average Bonchev–Trinajstić information content (AvgIpc) is 2.18. The van der Waals surface area contributed by atoms with E-state index in [1.165, 1.54) is 0 Å². The van der Waals surface area contributed by atoms with E-state index >= 15 is 0 Å². The van der Waals surface area contributed by atoms with Gasteiger partial charge < -0.3 is 10.4 Å². The topological polar surface area (TPSA) is 49.3 Å². The molecule has 0 aliphatic carbocycles. The number of carboxylic acid groups (broad SMARTS) is 1. The third-order valence-corrected chi connectivity index (χ3v) is 2.47. The fourth-order valence-corrected chi connectivity index (χ4v) is 1.45. The van der Waals surface area contributed by atoms with Gasteiger partial charge in [0, 0.05) is 10.7 Å². The first-order valence-electron chi connectivity index (χ1n) is 4.80. The molecule has 0 saturated carbocycles. The summed E-state index contributed by atoms with van der Waals surface area (Å²) in [4.78, 5) is 10.8. The van der Waals surface area contributed by atoms with Crippen molar-refractivity contribution in [1.82, 2.24) is 0 Å². The molecule has 1 aromatic carbocycles. The van der Waals surface area contributed by atoms with Gasteiger partial charge in [0.25, 0.3) is 0 Å². The van der Waals surface area contributed by atoms with Gasteiger partial charge in [0.1, 0.15) is 6.04 Å². The lowest BCUT2D eigenvalue weighted by molar-refractivity contribution is -0.137. The summed E-state index contributed by atoms with van der Waals surface area (Å²) < 4.78 is 0. The number of rotatable bonds is 4. The van der Waals surface area contributed by atoms with Crippen LogP contribution in [0.5, 0.6) is 0 Å². The Bertz CT molecular complexity index is 366. The Balaban J connectivity index is 2.87. The minimum Gasteiger partial charge on any atom is -0.480 e. The van der Waals surface area contributed by atoms with Gasteiger partial charge >= 0.3 is 5.97 Å². The summed E-state index contributed by atoms with van der Waals surface area (Å²) >= 11 is 5.84. The fourth-order valence-electron chi connectivity index (χ4n) is 1.28. The van der Waals surface area contributed by atoms with Crippen molar-refractivity contribution in [2.45, 2.75) is 26.3 Å². The van der Waals surface area contributed by atoms with Gasteiger partial charge in [0.2, 0.25) is 0 Å². The molecule has 0 amide bonds. The van der Waals surface area contributed by atoms with Crippen LogP contribution in [0.1, 0.15) is 18.9 Å². The molecule has 0 aliphatic rings. The number of carboxylic acids is 1. The van der Waals surface area contributed by atoms with E-state index in [9.17, 15) is 4.79 Å². The van der Waals surface area contributed by atoms with Gasteiger partial charge in [-0.15, -0.1) is 0 Å². The van der Waals surface area contributed by atoms with Gasteiger partial charge in [-0.3, -0.25) is 0 Å². The third kappa shape index (κ3) is 3.13. The van der Waals surface area contributed by atoms with Crippen molar-refractivity contribution in [3.8, 4) is 0 Å². The number of anilines is 1. The van der Waals surface area contributed by atoms with Gasteiger partial charge in [0.15, 0.2) is 0 Å². The maximum atomic E-state index is 10.8. The molecule has 3 nitrogen and oxygen atoms in total. The van der Waals surface area contributed by atoms with Crippen molar-refractivity contribution in [2.75, 3.05) is 5.32 Å². The second-order valence-corrected chi connectivity index (χ2v) is 3.84. The highest BCUT2D eigenvalue weighted by Crippen LogP contribution is 2.21. The Morgan fingerprint density at radius 1 is 1.60 bits per heavy atom. The predicted octanol–water partition coefficient (Wildman–Crippen LogP) is 2.92. The Labute approximate surface area is 94.1 Å². The monoisotopic (exact) mass is 227 g/mol. The first-order valence-corrected chi connectivity index (χ1v) is 5.18. The van der Waals surface area contributed by atoms with Crippen LogP contribution in [0.4, 0.5) is 5.69 Å². The zero-order chi connectivity index (χ0) is 11.4. The molecule has 0 spiro atoms. The molecule has 15 heavy (non-hydrogen) atoms. The normalized spacial score (nSPS) is 12.2.